The average molecular weight is 389 g/mol. The number of hydrogen-bond acceptors (Lipinski definition) is 8. The number of nitrogens with zero attached hydrogens (tertiary/aromatic N) is 7. The first-order valence-electron chi connectivity index (χ1n) is 9.34. The minimum atomic E-state index is 0.611. The Bertz CT molecular complexity index is 1110. The zero-order valence-corrected chi connectivity index (χ0v) is 16.4. The van der Waals surface area contributed by atoms with Gasteiger partial charge in [0.05, 0.1) is 30.0 Å². The SMILES string of the molecule is CN(Cc1cnccn1)c1nc(-c2cnccn2)nc2sc3c(c12)CCCC3. The van der Waals surface area contributed by atoms with Crippen molar-refractivity contribution in [3.8, 4) is 11.5 Å². The van der Waals surface area contributed by atoms with Crippen LogP contribution in [0.1, 0.15) is 29.0 Å². The van der Waals surface area contributed by atoms with E-state index >= 15 is 0 Å². The third-order valence-electron chi connectivity index (χ3n) is 4.97. The van der Waals surface area contributed by atoms with Crippen LogP contribution < -0.4 is 4.90 Å². The van der Waals surface area contributed by atoms with Crippen LogP contribution >= 0.6 is 11.3 Å². The van der Waals surface area contributed by atoms with Gasteiger partial charge in [0.2, 0.25) is 0 Å². The molecule has 7 nitrogen and oxygen atoms in total. The first kappa shape index (κ1) is 17.1. The summed E-state index contributed by atoms with van der Waals surface area (Å²) in [5.41, 5.74) is 3.00. The van der Waals surface area contributed by atoms with E-state index in [0.717, 1.165) is 29.2 Å². The summed E-state index contributed by atoms with van der Waals surface area (Å²) in [6.07, 6.45) is 14.9. The molecule has 140 valence electrons. The second-order valence-electron chi connectivity index (χ2n) is 6.91. The number of hydrogen-bond donors (Lipinski definition) is 0. The summed E-state index contributed by atoms with van der Waals surface area (Å²) in [7, 11) is 2.05. The van der Waals surface area contributed by atoms with Gasteiger partial charge in [-0.15, -0.1) is 11.3 Å². The van der Waals surface area contributed by atoms with E-state index in [-0.39, 0.29) is 0 Å². The van der Waals surface area contributed by atoms with Gasteiger partial charge in [-0.3, -0.25) is 15.0 Å². The van der Waals surface area contributed by atoms with E-state index in [2.05, 4.69) is 24.8 Å². The summed E-state index contributed by atoms with van der Waals surface area (Å²) in [6, 6.07) is 0. The van der Waals surface area contributed by atoms with Gasteiger partial charge in [-0.1, -0.05) is 0 Å². The van der Waals surface area contributed by atoms with Crippen LogP contribution in [0, 0.1) is 0 Å². The molecule has 0 aromatic carbocycles. The van der Waals surface area contributed by atoms with E-state index < -0.39 is 0 Å². The summed E-state index contributed by atoms with van der Waals surface area (Å²) in [5, 5.41) is 1.18. The molecule has 4 heterocycles. The minimum absolute atomic E-state index is 0.611. The fourth-order valence-corrected chi connectivity index (χ4v) is 4.93. The number of aromatic nitrogens is 6. The third-order valence-corrected chi connectivity index (χ3v) is 6.15. The Hall–Kier alpha value is -3.00. The Morgan fingerprint density at radius 3 is 2.57 bits per heavy atom. The van der Waals surface area contributed by atoms with Crippen LogP contribution in [-0.4, -0.2) is 37.0 Å². The second kappa shape index (κ2) is 7.20. The fraction of sp³-hybridized carbons (Fsp3) is 0.300. The molecule has 0 N–H and O–H groups in total. The molecule has 8 heteroatoms. The molecule has 1 aliphatic rings. The largest absolute Gasteiger partial charge is 0.353 e. The maximum atomic E-state index is 4.92. The Labute approximate surface area is 166 Å². The number of thiophene rings is 1. The highest BCUT2D eigenvalue weighted by Gasteiger charge is 2.23. The van der Waals surface area contributed by atoms with Crippen molar-refractivity contribution < 1.29 is 0 Å². The lowest BCUT2D eigenvalue weighted by Gasteiger charge is -2.20. The van der Waals surface area contributed by atoms with E-state index in [4.69, 9.17) is 9.97 Å². The molecule has 1 aliphatic carbocycles. The summed E-state index contributed by atoms with van der Waals surface area (Å²) in [4.78, 5) is 31.5. The van der Waals surface area contributed by atoms with Crippen molar-refractivity contribution in [1.82, 2.24) is 29.9 Å². The third kappa shape index (κ3) is 3.09. The molecule has 0 spiro atoms. The van der Waals surface area contributed by atoms with Crippen molar-refractivity contribution in [1.29, 1.82) is 0 Å². The average Bonchev–Trinajstić information content (AvgIpc) is 3.13. The first-order chi connectivity index (χ1) is 13.8. The number of fused-ring (bicyclic) bond motifs is 3. The molecular formula is C20H19N7S. The van der Waals surface area contributed by atoms with Crippen LogP contribution in [0.15, 0.2) is 37.2 Å². The quantitative estimate of drug-likeness (QED) is 0.529. The van der Waals surface area contributed by atoms with Crippen LogP contribution in [0.3, 0.4) is 0 Å². The van der Waals surface area contributed by atoms with Crippen molar-refractivity contribution >= 4 is 27.4 Å². The van der Waals surface area contributed by atoms with Crippen molar-refractivity contribution in [3.63, 3.8) is 0 Å². The Morgan fingerprint density at radius 2 is 1.79 bits per heavy atom. The molecule has 0 bridgehead atoms. The topological polar surface area (TPSA) is 80.6 Å². The van der Waals surface area contributed by atoms with Crippen molar-refractivity contribution in [2.45, 2.75) is 32.2 Å². The molecule has 0 radical (unpaired) electrons. The lowest BCUT2D eigenvalue weighted by atomic mass is 9.97. The maximum Gasteiger partial charge on any atom is 0.183 e. The Balaban J connectivity index is 1.67. The van der Waals surface area contributed by atoms with Gasteiger partial charge < -0.3 is 4.90 Å². The van der Waals surface area contributed by atoms with Crippen molar-refractivity contribution in [2.75, 3.05) is 11.9 Å². The number of aryl methyl sites for hydroxylation is 2. The maximum absolute atomic E-state index is 4.92. The van der Waals surface area contributed by atoms with Gasteiger partial charge in [-0.25, -0.2) is 15.0 Å². The molecule has 0 aliphatic heterocycles. The highest BCUT2D eigenvalue weighted by atomic mass is 32.1. The molecule has 0 saturated carbocycles. The zero-order chi connectivity index (χ0) is 18.9. The summed E-state index contributed by atoms with van der Waals surface area (Å²) in [5.74, 6) is 1.54. The highest BCUT2D eigenvalue weighted by Crippen LogP contribution is 2.40. The van der Waals surface area contributed by atoms with E-state index in [1.54, 1.807) is 48.5 Å². The predicted molar refractivity (Wildman–Crippen MR) is 109 cm³/mol. The summed E-state index contributed by atoms with van der Waals surface area (Å²) in [6.45, 7) is 0.629. The molecule has 0 amide bonds. The van der Waals surface area contributed by atoms with Gasteiger partial charge in [0.25, 0.3) is 0 Å². The van der Waals surface area contributed by atoms with Crippen molar-refractivity contribution in [2.24, 2.45) is 0 Å². The molecule has 0 atom stereocenters. The fourth-order valence-electron chi connectivity index (χ4n) is 3.67. The lowest BCUT2D eigenvalue weighted by molar-refractivity contribution is 0.700. The van der Waals surface area contributed by atoms with Crippen LogP contribution in [-0.2, 0) is 19.4 Å². The van der Waals surface area contributed by atoms with E-state index in [0.29, 0.717) is 18.1 Å². The van der Waals surface area contributed by atoms with E-state index in [1.807, 2.05) is 7.05 Å². The molecule has 5 rings (SSSR count). The Morgan fingerprint density at radius 1 is 0.964 bits per heavy atom. The van der Waals surface area contributed by atoms with Gasteiger partial charge in [0, 0.05) is 36.7 Å². The molecule has 0 fully saturated rings. The van der Waals surface area contributed by atoms with E-state index in [9.17, 15) is 0 Å². The molecule has 28 heavy (non-hydrogen) atoms. The van der Waals surface area contributed by atoms with Gasteiger partial charge in [-0.2, -0.15) is 0 Å². The summed E-state index contributed by atoms with van der Waals surface area (Å²) < 4.78 is 0. The van der Waals surface area contributed by atoms with Gasteiger partial charge in [-0.05, 0) is 31.2 Å². The monoisotopic (exact) mass is 389 g/mol. The van der Waals surface area contributed by atoms with Crippen LogP contribution in [0.25, 0.3) is 21.7 Å². The smallest absolute Gasteiger partial charge is 0.183 e. The highest BCUT2D eigenvalue weighted by molar-refractivity contribution is 7.19. The van der Waals surface area contributed by atoms with Crippen molar-refractivity contribution in [3.05, 3.63) is 53.3 Å². The molecule has 0 unspecified atom stereocenters. The normalized spacial score (nSPS) is 13.5. The van der Waals surface area contributed by atoms with Gasteiger partial charge in [0.15, 0.2) is 5.82 Å². The second-order valence-corrected chi connectivity index (χ2v) is 7.99. The molecular weight excluding hydrogens is 370 g/mol. The van der Waals surface area contributed by atoms with Crippen LogP contribution in [0.4, 0.5) is 5.82 Å². The molecule has 4 aromatic rings. The number of anilines is 1. The minimum Gasteiger partial charge on any atom is -0.353 e. The first-order valence-corrected chi connectivity index (χ1v) is 10.2. The standard InChI is InChI=1S/C20H19N7S/c1-27(12-13-10-21-6-8-23-13)19-17-14-4-2-3-5-16(14)28-20(17)26-18(25-19)15-11-22-7-9-24-15/h6-11H,2-5,12H2,1H3. The van der Waals surface area contributed by atoms with Gasteiger partial charge in [0.1, 0.15) is 16.3 Å². The Kier molecular flexibility index (Phi) is 4.40. The predicted octanol–water partition coefficient (Wildman–Crippen LogP) is 3.45. The lowest BCUT2D eigenvalue weighted by Crippen LogP contribution is -2.20. The number of rotatable bonds is 4. The van der Waals surface area contributed by atoms with E-state index in [1.165, 1.54) is 28.7 Å². The van der Waals surface area contributed by atoms with Gasteiger partial charge >= 0.3 is 0 Å². The van der Waals surface area contributed by atoms with Crippen LogP contribution in [0.5, 0.6) is 0 Å². The molecule has 4 aromatic heterocycles. The summed E-state index contributed by atoms with van der Waals surface area (Å²) >= 11 is 1.79. The van der Waals surface area contributed by atoms with Crippen LogP contribution in [0.2, 0.25) is 0 Å². The molecule has 0 saturated heterocycles. The zero-order valence-electron chi connectivity index (χ0n) is 15.5.